The summed E-state index contributed by atoms with van der Waals surface area (Å²) in [4.78, 5) is 17.6. The quantitative estimate of drug-likeness (QED) is 0.685. The van der Waals surface area contributed by atoms with E-state index in [9.17, 15) is 0 Å². The van der Waals surface area contributed by atoms with Crippen LogP contribution in [0.2, 0.25) is 0 Å². The van der Waals surface area contributed by atoms with Gasteiger partial charge in [0.15, 0.2) is 0 Å². The fourth-order valence-corrected chi connectivity index (χ4v) is 4.69. The van der Waals surface area contributed by atoms with Crippen LogP contribution < -0.4 is 4.90 Å². The first kappa shape index (κ1) is 18.5. The lowest BCUT2D eigenvalue weighted by atomic mass is 10.1. The Morgan fingerprint density at radius 1 is 0.862 bits per heavy atom. The van der Waals surface area contributed by atoms with Crippen LogP contribution in [0.25, 0.3) is 22.2 Å². The molecule has 5 nitrogen and oxygen atoms in total. The fourth-order valence-electron chi connectivity index (χ4n) is 4.69. The molecule has 1 unspecified atom stereocenters. The largest absolute Gasteiger partial charge is 0.339 e. The number of benzene rings is 2. The number of nitrogens with zero attached hydrogens (tertiary/aromatic N) is 5. The number of piperazine rings is 1. The Balaban J connectivity index is 1.41. The second-order valence-corrected chi connectivity index (χ2v) is 8.11. The normalized spacial score (nSPS) is 21.1. The molecule has 5 heteroatoms. The first-order chi connectivity index (χ1) is 14.3. The van der Waals surface area contributed by atoms with Gasteiger partial charge >= 0.3 is 0 Å². The van der Waals surface area contributed by atoms with Crippen molar-refractivity contribution in [2.45, 2.75) is 19.4 Å². The molecule has 1 aromatic heterocycles. The Kier molecular flexibility index (Phi) is 5.17. The second kappa shape index (κ2) is 8.09. The van der Waals surface area contributed by atoms with Crippen molar-refractivity contribution in [2.75, 3.05) is 50.7 Å². The molecule has 1 atom stereocenters. The zero-order valence-corrected chi connectivity index (χ0v) is 17.2. The van der Waals surface area contributed by atoms with Gasteiger partial charge < -0.3 is 9.80 Å². The van der Waals surface area contributed by atoms with E-state index in [0.29, 0.717) is 6.04 Å². The molecule has 29 heavy (non-hydrogen) atoms. The van der Waals surface area contributed by atoms with Gasteiger partial charge in [-0.1, -0.05) is 55.5 Å². The van der Waals surface area contributed by atoms with E-state index in [-0.39, 0.29) is 0 Å². The Bertz CT molecular complexity index is 965. The lowest BCUT2D eigenvalue weighted by Crippen LogP contribution is -2.50. The number of anilines is 1. The number of likely N-dealkylation sites (N-methyl/N-ethyl adjacent to an activating group) is 1. The minimum Gasteiger partial charge on any atom is -0.339 e. The van der Waals surface area contributed by atoms with Crippen LogP contribution in [0.3, 0.4) is 0 Å². The van der Waals surface area contributed by atoms with E-state index in [1.54, 1.807) is 0 Å². The highest BCUT2D eigenvalue weighted by Gasteiger charge is 2.31. The van der Waals surface area contributed by atoms with Gasteiger partial charge in [0.2, 0.25) is 5.95 Å². The van der Waals surface area contributed by atoms with Gasteiger partial charge in [-0.25, -0.2) is 9.97 Å². The zero-order valence-electron chi connectivity index (χ0n) is 17.2. The molecule has 2 fully saturated rings. The molecular formula is C24H29N5. The van der Waals surface area contributed by atoms with E-state index < -0.39 is 0 Å². The van der Waals surface area contributed by atoms with Crippen molar-refractivity contribution >= 4 is 16.9 Å². The average Bonchev–Trinajstić information content (AvgIpc) is 3.29. The number of para-hydroxylation sites is 1. The first-order valence-electron chi connectivity index (χ1n) is 10.9. The Morgan fingerprint density at radius 3 is 2.41 bits per heavy atom. The average molecular weight is 388 g/mol. The van der Waals surface area contributed by atoms with Crippen LogP contribution in [-0.2, 0) is 0 Å². The molecule has 3 aromatic rings. The van der Waals surface area contributed by atoms with E-state index in [2.05, 4.69) is 76.2 Å². The summed E-state index contributed by atoms with van der Waals surface area (Å²) >= 11 is 0. The Labute approximate surface area is 173 Å². The van der Waals surface area contributed by atoms with E-state index >= 15 is 0 Å². The smallest absolute Gasteiger partial charge is 0.226 e. The SMILES string of the molecule is CCN1CCN(C2CCN(c3nc(-c4ccccc4)c4ccccc4n3)C2)CC1. The van der Waals surface area contributed by atoms with Gasteiger partial charge in [0, 0.05) is 56.3 Å². The third-order valence-corrected chi connectivity index (χ3v) is 6.46. The summed E-state index contributed by atoms with van der Waals surface area (Å²) in [6, 6.07) is 19.5. The van der Waals surface area contributed by atoms with Gasteiger partial charge in [0.05, 0.1) is 11.2 Å². The molecule has 2 aromatic carbocycles. The molecule has 0 N–H and O–H groups in total. The van der Waals surface area contributed by atoms with Gasteiger partial charge in [0.25, 0.3) is 0 Å². The van der Waals surface area contributed by atoms with Gasteiger partial charge in [-0.2, -0.15) is 0 Å². The molecule has 0 radical (unpaired) electrons. The molecule has 0 bridgehead atoms. The zero-order chi connectivity index (χ0) is 19.6. The van der Waals surface area contributed by atoms with Crippen LogP contribution in [-0.4, -0.2) is 71.6 Å². The molecule has 2 saturated heterocycles. The highest BCUT2D eigenvalue weighted by atomic mass is 15.3. The summed E-state index contributed by atoms with van der Waals surface area (Å²) in [5.41, 5.74) is 3.21. The number of hydrogen-bond donors (Lipinski definition) is 0. The summed E-state index contributed by atoms with van der Waals surface area (Å²) in [5.74, 6) is 0.872. The van der Waals surface area contributed by atoms with Crippen LogP contribution >= 0.6 is 0 Å². The monoisotopic (exact) mass is 387 g/mol. The summed E-state index contributed by atoms with van der Waals surface area (Å²) in [5, 5.41) is 1.12. The van der Waals surface area contributed by atoms with Crippen molar-refractivity contribution in [1.29, 1.82) is 0 Å². The van der Waals surface area contributed by atoms with Crippen molar-refractivity contribution in [3.63, 3.8) is 0 Å². The molecule has 0 spiro atoms. The molecule has 0 amide bonds. The summed E-state index contributed by atoms with van der Waals surface area (Å²) in [7, 11) is 0. The van der Waals surface area contributed by atoms with E-state index in [1.165, 1.54) is 32.6 Å². The Hall–Kier alpha value is -2.50. The van der Waals surface area contributed by atoms with Crippen LogP contribution in [0.4, 0.5) is 5.95 Å². The van der Waals surface area contributed by atoms with Crippen molar-refractivity contribution in [3.8, 4) is 11.3 Å². The standard InChI is InChI=1S/C24H29N5/c1-2-27-14-16-28(17-15-27)20-12-13-29(18-20)24-25-22-11-7-6-10-21(22)23(26-24)19-8-4-3-5-9-19/h3-11,20H,2,12-18H2,1H3. The van der Waals surface area contributed by atoms with Gasteiger partial charge in [-0.05, 0) is 19.0 Å². The number of fused-ring (bicyclic) bond motifs is 1. The van der Waals surface area contributed by atoms with Crippen LogP contribution in [0.1, 0.15) is 13.3 Å². The van der Waals surface area contributed by atoms with Crippen LogP contribution in [0, 0.1) is 0 Å². The van der Waals surface area contributed by atoms with Gasteiger partial charge in [0.1, 0.15) is 0 Å². The van der Waals surface area contributed by atoms with Gasteiger partial charge in [-0.3, -0.25) is 4.90 Å². The lowest BCUT2D eigenvalue weighted by Gasteiger charge is -2.37. The summed E-state index contributed by atoms with van der Waals surface area (Å²) in [6.07, 6.45) is 1.20. The maximum atomic E-state index is 5.05. The van der Waals surface area contributed by atoms with Gasteiger partial charge in [-0.15, -0.1) is 0 Å². The molecule has 3 heterocycles. The molecule has 5 rings (SSSR count). The van der Waals surface area contributed by atoms with Crippen LogP contribution in [0.15, 0.2) is 54.6 Å². The van der Waals surface area contributed by atoms with E-state index in [1.807, 2.05) is 0 Å². The van der Waals surface area contributed by atoms with E-state index in [4.69, 9.17) is 9.97 Å². The number of aromatic nitrogens is 2. The van der Waals surface area contributed by atoms with Crippen molar-refractivity contribution in [2.24, 2.45) is 0 Å². The molecule has 0 saturated carbocycles. The highest BCUT2D eigenvalue weighted by Crippen LogP contribution is 2.30. The number of hydrogen-bond acceptors (Lipinski definition) is 5. The predicted molar refractivity (Wildman–Crippen MR) is 119 cm³/mol. The minimum absolute atomic E-state index is 0.615. The minimum atomic E-state index is 0.615. The number of rotatable bonds is 4. The summed E-state index contributed by atoms with van der Waals surface area (Å²) < 4.78 is 0. The molecule has 2 aliphatic rings. The lowest BCUT2D eigenvalue weighted by molar-refractivity contribution is 0.107. The molecule has 150 valence electrons. The molecular weight excluding hydrogens is 358 g/mol. The molecule has 0 aliphatic carbocycles. The molecule has 2 aliphatic heterocycles. The third kappa shape index (κ3) is 3.72. The van der Waals surface area contributed by atoms with E-state index in [0.717, 1.165) is 47.7 Å². The van der Waals surface area contributed by atoms with Crippen molar-refractivity contribution < 1.29 is 0 Å². The van der Waals surface area contributed by atoms with Crippen molar-refractivity contribution in [1.82, 2.24) is 19.8 Å². The third-order valence-electron chi connectivity index (χ3n) is 6.46. The summed E-state index contributed by atoms with van der Waals surface area (Å²) in [6.45, 7) is 10.2. The maximum absolute atomic E-state index is 5.05. The predicted octanol–water partition coefficient (Wildman–Crippen LogP) is 3.51. The van der Waals surface area contributed by atoms with Crippen LogP contribution in [0.5, 0.6) is 0 Å². The topological polar surface area (TPSA) is 35.5 Å². The maximum Gasteiger partial charge on any atom is 0.226 e. The first-order valence-corrected chi connectivity index (χ1v) is 10.9. The Morgan fingerprint density at radius 2 is 1.62 bits per heavy atom. The highest BCUT2D eigenvalue weighted by molar-refractivity contribution is 5.93. The van der Waals surface area contributed by atoms with Crippen molar-refractivity contribution in [3.05, 3.63) is 54.6 Å². The fraction of sp³-hybridized carbons (Fsp3) is 0.417. The second-order valence-electron chi connectivity index (χ2n) is 8.11.